The third kappa shape index (κ3) is 3.71. The number of nitrogens with zero attached hydrogens (tertiary/aromatic N) is 3. The summed E-state index contributed by atoms with van der Waals surface area (Å²) in [6, 6.07) is 1.23. The van der Waals surface area contributed by atoms with Crippen LogP contribution in [-0.2, 0) is 6.18 Å². The Morgan fingerprint density at radius 1 is 1.41 bits per heavy atom. The first-order valence-electron chi connectivity index (χ1n) is 4.86. The van der Waals surface area contributed by atoms with Gasteiger partial charge in [-0.05, 0) is 6.92 Å². The molecular formula is C9H11ClF3N3O. The fourth-order valence-electron chi connectivity index (χ4n) is 1.25. The Balaban J connectivity index is 3.12. The lowest BCUT2D eigenvalue weighted by molar-refractivity contribution is -0.144. The molecule has 0 amide bonds. The van der Waals surface area contributed by atoms with Gasteiger partial charge in [0.2, 0.25) is 5.82 Å². The summed E-state index contributed by atoms with van der Waals surface area (Å²) in [5, 5.41) is 8.51. The van der Waals surface area contributed by atoms with E-state index < -0.39 is 12.0 Å². The minimum Gasteiger partial charge on any atom is -0.395 e. The van der Waals surface area contributed by atoms with Crippen LogP contribution in [0.2, 0.25) is 5.15 Å². The second-order valence-corrected chi connectivity index (χ2v) is 3.56. The molecule has 0 spiro atoms. The Morgan fingerprint density at radius 3 is 2.53 bits per heavy atom. The topological polar surface area (TPSA) is 49.2 Å². The van der Waals surface area contributed by atoms with Crippen molar-refractivity contribution in [1.82, 2.24) is 9.97 Å². The highest BCUT2D eigenvalue weighted by molar-refractivity contribution is 6.29. The number of alkyl halides is 3. The van der Waals surface area contributed by atoms with Crippen molar-refractivity contribution in [2.75, 3.05) is 24.6 Å². The second-order valence-electron chi connectivity index (χ2n) is 3.17. The lowest BCUT2D eigenvalue weighted by atomic mass is 10.4. The van der Waals surface area contributed by atoms with Crippen molar-refractivity contribution in [3.63, 3.8) is 0 Å². The van der Waals surface area contributed by atoms with Gasteiger partial charge in [0.25, 0.3) is 0 Å². The van der Waals surface area contributed by atoms with Gasteiger partial charge in [0.05, 0.1) is 6.61 Å². The van der Waals surface area contributed by atoms with Crippen LogP contribution in [0.4, 0.5) is 19.0 Å². The summed E-state index contributed by atoms with van der Waals surface area (Å²) >= 11 is 5.52. The van der Waals surface area contributed by atoms with E-state index in [1.165, 1.54) is 11.0 Å². The molecule has 0 aromatic carbocycles. The molecule has 0 saturated heterocycles. The van der Waals surface area contributed by atoms with Crippen molar-refractivity contribution in [1.29, 1.82) is 0 Å². The zero-order valence-corrected chi connectivity index (χ0v) is 9.76. The molecule has 17 heavy (non-hydrogen) atoms. The van der Waals surface area contributed by atoms with Gasteiger partial charge in [-0.3, -0.25) is 0 Å². The van der Waals surface area contributed by atoms with Crippen molar-refractivity contribution in [2.24, 2.45) is 0 Å². The van der Waals surface area contributed by atoms with Gasteiger partial charge >= 0.3 is 6.18 Å². The molecule has 0 aliphatic rings. The first-order valence-corrected chi connectivity index (χ1v) is 5.24. The number of aliphatic hydroxyl groups is 1. The van der Waals surface area contributed by atoms with Crippen molar-refractivity contribution in [3.8, 4) is 0 Å². The summed E-state index contributed by atoms with van der Waals surface area (Å²) in [7, 11) is 0. The maximum atomic E-state index is 12.4. The van der Waals surface area contributed by atoms with E-state index in [0.717, 1.165) is 0 Å². The standard InChI is InChI=1S/C9H11ClF3N3O/c1-2-16(3-4-17)7-5-6(10)14-8(15-7)9(11,12)13/h5,17H,2-4H2,1H3. The quantitative estimate of drug-likeness (QED) is 0.849. The molecule has 0 saturated carbocycles. The Kier molecular flexibility index (Phi) is 4.53. The molecule has 0 unspecified atom stereocenters. The summed E-state index contributed by atoms with van der Waals surface area (Å²) in [5.41, 5.74) is 0. The highest BCUT2D eigenvalue weighted by Crippen LogP contribution is 2.29. The Hall–Kier alpha value is -1.08. The molecule has 1 heterocycles. The molecule has 0 radical (unpaired) electrons. The van der Waals surface area contributed by atoms with E-state index in [9.17, 15) is 13.2 Å². The highest BCUT2D eigenvalue weighted by atomic mass is 35.5. The molecule has 1 rings (SSSR count). The highest BCUT2D eigenvalue weighted by Gasteiger charge is 2.35. The zero-order chi connectivity index (χ0) is 13.1. The van der Waals surface area contributed by atoms with Gasteiger partial charge in [-0.15, -0.1) is 0 Å². The average molecular weight is 270 g/mol. The van der Waals surface area contributed by atoms with Gasteiger partial charge in [0.15, 0.2) is 0 Å². The first-order chi connectivity index (χ1) is 7.88. The molecule has 4 nitrogen and oxygen atoms in total. The molecule has 0 atom stereocenters. The van der Waals surface area contributed by atoms with Gasteiger partial charge in [-0.1, -0.05) is 11.6 Å². The minimum atomic E-state index is -4.64. The number of aliphatic hydroxyl groups excluding tert-OH is 1. The lowest BCUT2D eigenvalue weighted by Crippen LogP contribution is -2.28. The molecule has 1 aromatic rings. The number of aromatic nitrogens is 2. The van der Waals surface area contributed by atoms with Crippen LogP contribution in [0.25, 0.3) is 0 Å². The summed E-state index contributed by atoms with van der Waals surface area (Å²) in [6.45, 7) is 2.14. The van der Waals surface area contributed by atoms with E-state index in [1.54, 1.807) is 6.92 Å². The van der Waals surface area contributed by atoms with Gasteiger partial charge in [-0.2, -0.15) is 13.2 Å². The van der Waals surface area contributed by atoms with Crippen LogP contribution in [0.5, 0.6) is 0 Å². The molecule has 8 heteroatoms. The summed E-state index contributed by atoms with van der Waals surface area (Å²) in [4.78, 5) is 7.99. The average Bonchev–Trinajstić information content (AvgIpc) is 2.23. The van der Waals surface area contributed by atoms with Crippen LogP contribution in [0.3, 0.4) is 0 Å². The maximum absolute atomic E-state index is 12.4. The Labute approximate surface area is 101 Å². The lowest BCUT2D eigenvalue weighted by Gasteiger charge is -2.21. The SMILES string of the molecule is CCN(CCO)c1cc(Cl)nc(C(F)(F)F)n1. The van der Waals surface area contributed by atoms with Gasteiger partial charge in [-0.25, -0.2) is 9.97 Å². The molecular weight excluding hydrogens is 259 g/mol. The molecule has 0 aliphatic carbocycles. The molecule has 1 N–H and O–H groups in total. The zero-order valence-electron chi connectivity index (χ0n) is 9.00. The molecule has 0 bridgehead atoms. The monoisotopic (exact) mass is 269 g/mol. The van der Waals surface area contributed by atoms with Crippen LogP contribution in [-0.4, -0.2) is 34.8 Å². The predicted octanol–water partition coefficient (Wildman–Crippen LogP) is 1.97. The predicted molar refractivity (Wildman–Crippen MR) is 57.0 cm³/mol. The summed E-state index contributed by atoms with van der Waals surface area (Å²) < 4.78 is 37.3. The molecule has 0 fully saturated rings. The van der Waals surface area contributed by atoms with E-state index in [1.807, 2.05) is 0 Å². The van der Waals surface area contributed by atoms with Crippen molar-refractivity contribution >= 4 is 17.4 Å². The van der Waals surface area contributed by atoms with Gasteiger partial charge < -0.3 is 10.0 Å². The second kappa shape index (κ2) is 5.50. The Morgan fingerprint density at radius 2 is 2.06 bits per heavy atom. The maximum Gasteiger partial charge on any atom is 0.451 e. The van der Waals surface area contributed by atoms with Gasteiger partial charge in [0, 0.05) is 19.2 Å². The number of rotatable bonds is 4. The fraction of sp³-hybridized carbons (Fsp3) is 0.556. The van der Waals surface area contributed by atoms with E-state index in [0.29, 0.717) is 6.54 Å². The Bertz CT molecular complexity index is 386. The number of hydrogen-bond acceptors (Lipinski definition) is 4. The van der Waals surface area contributed by atoms with Crippen molar-refractivity contribution in [2.45, 2.75) is 13.1 Å². The number of likely N-dealkylation sites (N-methyl/N-ethyl adjacent to an activating group) is 1. The van der Waals surface area contributed by atoms with Crippen molar-refractivity contribution < 1.29 is 18.3 Å². The molecule has 1 aromatic heterocycles. The summed E-state index contributed by atoms with van der Waals surface area (Å²) in [6.07, 6.45) is -4.64. The van der Waals surface area contributed by atoms with Crippen LogP contribution >= 0.6 is 11.6 Å². The van der Waals surface area contributed by atoms with Crippen LogP contribution in [0.1, 0.15) is 12.7 Å². The normalized spacial score (nSPS) is 11.6. The minimum absolute atomic E-state index is 0.0499. The van der Waals surface area contributed by atoms with E-state index in [-0.39, 0.29) is 24.1 Å². The van der Waals surface area contributed by atoms with Crippen LogP contribution < -0.4 is 4.90 Å². The number of hydrogen-bond donors (Lipinski definition) is 1. The third-order valence-electron chi connectivity index (χ3n) is 2.01. The van der Waals surface area contributed by atoms with E-state index in [4.69, 9.17) is 16.7 Å². The van der Waals surface area contributed by atoms with Crippen LogP contribution in [0, 0.1) is 0 Å². The van der Waals surface area contributed by atoms with Crippen LogP contribution in [0.15, 0.2) is 6.07 Å². The van der Waals surface area contributed by atoms with E-state index in [2.05, 4.69) is 9.97 Å². The smallest absolute Gasteiger partial charge is 0.395 e. The first kappa shape index (κ1) is 14.0. The van der Waals surface area contributed by atoms with Gasteiger partial charge in [0.1, 0.15) is 11.0 Å². The van der Waals surface area contributed by atoms with E-state index >= 15 is 0 Å². The third-order valence-corrected chi connectivity index (χ3v) is 2.20. The largest absolute Gasteiger partial charge is 0.451 e. The fourth-order valence-corrected chi connectivity index (χ4v) is 1.43. The van der Waals surface area contributed by atoms with Crippen molar-refractivity contribution in [3.05, 3.63) is 17.0 Å². The molecule has 0 aliphatic heterocycles. The summed E-state index contributed by atoms with van der Waals surface area (Å²) in [5.74, 6) is -1.23. The number of halogens is 4. The molecule has 96 valence electrons. The number of anilines is 1.